The molecule has 6 heteroatoms. The number of rotatable bonds is 7. The van der Waals surface area contributed by atoms with Gasteiger partial charge in [-0.2, -0.15) is 0 Å². The summed E-state index contributed by atoms with van der Waals surface area (Å²) in [4.78, 5) is 14.3. The SMILES string of the molecule is CN(C)CC(C)(C)CNC(=O)c1cn(Cc2ccccc2)nn1. The van der Waals surface area contributed by atoms with Gasteiger partial charge < -0.3 is 10.2 Å². The second-order valence-corrected chi connectivity index (χ2v) is 6.87. The summed E-state index contributed by atoms with van der Waals surface area (Å²) in [5.74, 6) is -0.184. The van der Waals surface area contributed by atoms with Crippen LogP contribution in [-0.2, 0) is 6.54 Å². The van der Waals surface area contributed by atoms with Crippen LogP contribution in [0, 0.1) is 5.41 Å². The van der Waals surface area contributed by atoms with Crippen molar-refractivity contribution in [3.63, 3.8) is 0 Å². The smallest absolute Gasteiger partial charge is 0.273 e. The van der Waals surface area contributed by atoms with Crippen LogP contribution in [0.4, 0.5) is 0 Å². The number of benzene rings is 1. The molecule has 1 amide bonds. The van der Waals surface area contributed by atoms with E-state index in [1.54, 1.807) is 10.9 Å². The Hall–Kier alpha value is -2.21. The average Bonchev–Trinajstić information content (AvgIpc) is 2.93. The molecular formula is C17H25N5O. The van der Waals surface area contributed by atoms with Crippen molar-refractivity contribution in [1.29, 1.82) is 0 Å². The van der Waals surface area contributed by atoms with Gasteiger partial charge in [0.05, 0.1) is 12.7 Å². The number of aromatic nitrogens is 3. The third kappa shape index (κ3) is 5.49. The highest BCUT2D eigenvalue weighted by atomic mass is 16.2. The third-order valence-corrected chi connectivity index (χ3v) is 3.43. The first kappa shape index (κ1) is 17.1. The predicted octanol–water partition coefficient (Wildman–Crippen LogP) is 1.64. The lowest BCUT2D eigenvalue weighted by molar-refractivity contribution is 0.0924. The van der Waals surface area contributed by atoms with Gasteiger partial charge >= 0.3 is 0 Å². The molecule has 2 aromatic rings. The van der Waals surface area contributed by atoms with E-state index in [1.807, 2.05) is 44.4 Å². The van der Waals surface area contributed by atoms with Crippen molar-refractivity contribution in [2.45, 2.75) is 20.4 Å². The number of amides is 1. The molecule has 0 atom stereocenters. The molecule has 0 aliphatic rings. The summed E-state index contributed by atoms with van der Waals surface area (Å²) in [6.45, 7) is 6.34. The Balaban J connectivity index is 1.91. The second-order valence-electron chi connectivity index (χ2n) is 6.87. The molecule has 0 saturated carbocycles. The van der Waals surface area contributed by atoms with E-state index in [4.69, 9.17) is 0 Å². The first-order chi connectivity index (χ1) is 10.9. The molecular weight excluding hydrogens is 290 g/mol. The maximum atomic E-state index is 12.2. The quantitative estimate of drug-likeness (QED) is 0.844. The Labute approximate surface area is 137 Å². The van der Waals surface area contributed by atoms with E-state index in [1.165, 1.54) is 0 Å². The Morgan fingerprint density at radius 3 is 2.61 bits per heavy atom. The zero-order valence-electron chi connectivity index (χ0n) is 14.3. The molecule has 1 aromatic carbocycles. The Bertz CT molecular complexity index is 633. The summed E-state index contributed by atoms with van der Waals surface area (Å²) >= 11 is 0. The summed E-state index contributed by atoms with van der Waals surface area (Å²) in [6, 6.07) is 9.97. The highest BCUT2D eigenvalue weighted by molar-refractivity contribution is 5.91. The molecule has 0 radical (unpaired) electrons. The number of hydrogen-bond donors (Lipinski definition) is 1. The number of carbonyl (C=O) groups is 1. The van der Waals surface area contributed by atoms with Crippen molar-refractivity contribution >= 4 is 5.91 Å². The van der Waals surface area contributed by atoms with Crippen molar-refractivity contribution in [1.82, 2.24) is 25.2 Å². The predicted molar refractivity (Wildman–Crippen MR) is 90.2 cm³/mol. The van der Waals surface area contributed by atoms with Crippen LogP contribution in [0.15, 0.2) is 36.5 Å². The van der Waals surface area contributed by atoms with Gasteiger partial charge in [0.15, 0.2) is 5.69 Å². The summed E-state index contributed by atoms with van der Waals surface area (Å²) in [5, 5.41) is 10.9. The molecule has 0 unspecified atom stereocenters. The Morgan fingerprint density at radius 2 is 1.96 bits per heavy atom. The number of nitrogens with zero attached hydrogens (tertiary/aromatic N) is 4. The van der Waals surface area contributed by atoms with E-state index in [0.717, 1.165) is 12.1 Å². The van der Waals surface area contributed by atoms with Gasteiger partial charge in [-0.25, -0.2) is 4.68 Å². The van der Waals surface area contributed by atoms with Crippen LogP contribution in [0.3, 0.4) is 0 Å². The average molecular weight is 315 g/mol. The van der Waals surface area contributed by atoms with E-state index in [-0.39, 0.29) is 11.3 Å². The van der Waals surface area contributed by atoms with Crippen LogP contribution in [-0.4, -0.2) is 53.0 Å². The van der Waals surface area contributed by atoms with Gasteiger partial charge in [-0.05, 0) is 25.1 Å². The van der Waals surface area contributed by atoms with Crippen LogP contribution < -0.4 is 5.32 Å². The Morgan fingerprint density at radius 1 is 1.26 bits per heavy atom. The minimum absolute atomic E-state index is 0.000801. The number of hydrogen-bond acceptors (Lipinski definition) is 4. The van der Waals surface area contributed by atoms with E-state index in [2.05, 4.69) is 34.4 Å². The number of nitrogens with one attached hydrogen (secondary N) is 1. The van der Waals surface area contributed by atoms with Gasteiger partial charge in [-0.15, -0.1) is 5.10 Å². The van der Waals surface area contributed by atoms with Crippen molar-refractivity contribution in [3.8, 4) is 0 Å². The summed E-state index contributed by atoms with van der Waals surface area (Å²) < 4.78 is 1.68. The minimum atomic E-state index is -0.184. The topological polar surface area (TPSA) is 63.1 Å². The molecule has 0 bridgehead atoms. The second kappa shape index (κ2) is 7.37. The molecule has 1 heterocycles. The van der Waals surface area contributed by atoms with E-state index in [9.17, 15) is 4.79 Å². The number of carbonyl (C=O) groups excluding carboxylic acids is 1. The molecule has 0 saturated heterocycles. The maximum Gasteiger partial charge on any atom is 0.273 e. The highest BCUT2D eigenvalue weighted by Gasteiger charge is 2.21. The van der Waals surface area contributed by atoms with Gasteiger partial charge in [-0.3, -0.25) is 4.79 Å². The van der Waals surface area contributed by atoms with Crippen LogP contribution in [0.25, 0.3) is 0 Å². The summed E-state index contributed by atoms with van der Waals surface area (Å²) in [7, 11) is 4.05. The van der Waals surface area contributed by atoms with Crippen LogP contribution in [0.5, 0.6) is 0 Å². The van der Waals surface area contributed by atoms with Gasteiger partial charge in [0, 0.05) is 13.1 Å². The molecule has 23 heavy (non-hydrogen) atoms. The van der Waals surface area contributed by atoms with Crippen molar-refractivity contribution < 1.29 is 4.79 Å². The van der Waals surface area contributed by atoms with Gasteiger partial charge in [0.1, 0.15) is 0 Å². The lowest BCUT2D eigenvalue weighted by Crippen LogP contribution is -2.40. The lowest BCUT2D eigenvalue weighted by atomic mass is 9.93. The highest BCUT2D eigenvalue weighted by Crippen LogP contribution is 2.14. The standard InChI is InChI=1S/C17H25N5O/c1-17(2,13-21(3)4)12-18-16(23)15-11-22(20-19-15)10-14-8-6-5-7-9-14/h5-9,11H,10,12-13H2,1-4H3,(H,18,23). The van der Waals surface area contributed by atoms with Gasteiger partial charge in [0.25, 0.3) is 5.91 Å². The first-order valence-electron chi connectivity index (χ1n) is 7.73. The molecule has 0 spiro atoms. The zero-order valence-corrected chi connectivity index (χ0v) is 14.3. The largest absolute Gasteiger partial charge is 0.350 e. The summed E-state index contributed by atoms with van der Waals surface area (Å²) in [6.07, 6.45) is 1.68. The molecule has 124 valence electrons. The normalized spacial score (nSPS) is 11.7. The molecule has 1 aromatic heterocycles. The molecule has 0 fully saturated rings. The van der Waals surface area contributed by atoms with Gasteiger partial charge in [-0.1, -0.05) is 49.4 Å². The van der Waals surface area contributed by atoms with Crippen molar-refractivity contribution in [2.75, 3.05) is 27.2 Å². The van der Waals surface area contributed by atoms with Crippen molar-refractivity contribution in [3.05, 3.63) is 47.8 Å². The third-order valence-electron chi connectivity index (χ3n) is 3.43. The molecule has 2 rings (SSSR count). The van der Waals surface area contributed by atoms with Crippen LogP contribution in [0.1, 0.15) is 29.9 Å². The molecule has 0 aliphatic heterocycles. The fourth-order valence-corrected chi connectivity index (χ4v) is 2.57. The van der Waals surface area contributed by atoms with Gasteiger partial charge in [0.2, 0.25) is 0 Å². The van der Waals surface area contributed by atoms with Crippen molar-refractivity contribution in [2.24, 2.45) is 5.41 Å². The molecule has 0 aliphatic carbocycles. The fourth-order valence-electron chi connectivity index (χ4n) is 2.57. The van der Waals surface area contributed by atoms with Crippen LogP contribution >= 0.6 is 0 Å². The summed E-state index contributed by atoms with van der Waals surface area (Å²) in [5.41, 5.74) is 1.47. The molecule has 1 N–H and O–H groups in total. The van der Waals surface area contributed by atoms with E-state index < -0.39 is 0 Å². The first-order valence-corrected chi connectivity index (χ1v) is 7.73. The van der Waals surface area contributed by atoms with Crippen LogP contribution in [0.2, 0.25) is 0 Å². The monoisotopic (exact) mass is 315 g/mol. The minimum Gasteiger partial charge on any atom is -0.350 e. The zero-order chi connectivity index (χ0) is 16.9. The lowest BCUT2D eigenvalue weighted by Gasteiger charge is -2.28. The maximum absolute atomic E-state index is 12.2. The molecule has 6 nitrogen and oxygen atoms in total. The fraction of sp³-hybridized carbons (Fsp3) is 0.471. The van der Waals surface area contributed by atoms with E-state index >= 15 is 0 Å². The van der Waals surface area contributed by atoms with E-state index in [0.29, 0.717) is 18.8 Å². The Kier molecular flexibility index (Phi) is 5.50.